The molecule has 7 atom stereocenters. The Labute approximate surface area is 205 Å². The Morgan fingerprint density at radius 2 is 1.38 bits per heavy atom. The van der Waals surface area contributed by atoms with Gasteiger partial charge in [0.2, 0.25) is 0 Å². The highest BCUT2D eigenvalue weighted by Gasteiger charge is 2.41. The van der Waals surface area contributed by atoms with Gasteiger partial charge in [0.1, 0.15) is 12.2 Å². The van der Waals surface area contributed by atoms with E-state index in [0.29, 0.717) is 29.6 Å². The zero-order valence-corrected chi connectivity index (χ0v) is 21.8. The maximum Gasteiger partial charge on any atom is 0.430 e. The fourth-order valence-electron chi connectivity index (χ4n) is 5.96. The molecule has 2 fully saturated rings. The molecule has 2 saturated carbocycles. The molecule has 1 heterocycles. The minimum atomic E-state index is -0.904. The van der Waals surface area contributed by atoms with Gasteiger partial charge in [0.15, 0.2) is 6.04 Å². The molecule has 34 heavy (non-hydrogen) atoms. The van der Waals surface area contributed by atoms with Gasteiger partial charge in [0.05, 0.1) is 12.6 Å². The van der Waals surface area contributed by atoms with Crippen LogP contribution < -0.4 is 0 Å². The largest absolute Gasteiger partial charge is 0.445 e. The van der Waals surface area contributed by atoms with Crippen LogP contribution in [0.25, 0.3) is 0 Å². The van der Waals surface area contributed by atoms with Gasteiger partial charge in [0, 0.05) is 0 Å². The summed E-state index contributed by atoms with van der Waals surface area (Å²) in [5.74, 6) is 2.33. The monoisotopic (exact) mass is 473 g/mol. The van der Waals surface area contributed by atoms with E-state index in [2.05, 4.69) is 47.6 Å². The Morgan fingerprint density at radius 3 is 1.85 bits per heavy atom. The molecule has 7 nitrogen and oxygen atoms in total. The maximum absolute atomic E-state index is 13.4. The number of hydrogen-bond donors (Lipinski definition) is 0. The normalized spacial score (nSPS) is 34.1. The van der Waals surface area contributed by atoms with Crippen molar-refractivity contribution in [2.45, 2.75) is 98.3 Å². The summed E-state index contributed by atoms with van der Waals surface area (Å²) in [7, 11) is 0. The van der Waals surface area contributed by atoms with Crippen LogP contribution in [0, 0.1) is 46.8 Å². The first-order valence-electron chi connectivity index (χ1n) is 13.2. The quantitative estimate of drug-likeness (QED) is 0.457. The second kappa shape index (κ2) is 11.5. The molecule has 0 radical (unpaired) electrons. The van der Waals surface area contributed by atoms with E-state index in [1.54, 1.807) is 12.2 Å². The van der Waals surface area contributed by atoms with Crippen molar-refractivity contribution in [2.75, 3.05) is 6.54 Å². The van der Waals surface area contributed by atoms with E-state index in [9.17, 15) is 14.9 Å². The van der Waals surface area contributed by atoms with Gasteiger partial charge in [-0.25, -0.2) is 14.6 Å². The van der Waals surface area contributed by atoms with Crippen LogP contribution in [0.15, 0.2) is 12.2 Å². The number of carbonyl (C=O) groups excluding carboxylic acids is 2. The number of rotatable bonds is 4. The van der Waals surface area contributed by atoms with E-state index in [0.717, 1.165) is 43.5 Å². The van der Waals surface area contributed by atoms with Gasteiger partial charge in [-0.3, -0.25) is 0 Å². The molecule has 190 valence electrons. The Bertz CT molecular complexity index is 789. The highest BCUT2D eigenvalue weighted by atomic mass is 16.6. The molecule has 7 heteroatoms. The molecule has 0 bridgehead atoms. The third-order valence-electron chi connectivity index (χ3n) is 8.08. The minimum absolute atomic E-state index is 0.176. The van der Waals surface area contributed by atoms with E-state index < -0.39 is 18.2 Å². The van der Waals surface area contributed by atoms with E-state index >= 15 is 0 Å². The summed E-state index contributed by atoms with van der Waals surface area (Å²) in [5, 5.41) is 12.2. The topological polar surface area (TPSA) is 82.9 Å². The molecule has 2 amide bonds. The molecule has 0 saturated heterocycles. The smallest absolute Gasteiger partial charge is 0.430 e. The first-order chi connectivity index (χ1) is 16.1. The Hall–Kier alpha value is -2.23. The van der Waals surface area contributed by atoms with Gasteiger partial charge in [-0.2, -0.15) is 10.3 Å². The van der Waals surface area contributed by atoms with Crippen LogP contribution in [0.3, 0.4) is 0 Å². The van der Waals surface area contributed by atoms with Gasteiger partial charge in [-0.15, -0.1) is 0 Å². The van der Waals surface area contributed by atoms with E-state index in [1.807, 2.05) is 0 Å². The van der Waals surface area contributed by atoms with Gasteiger partial charge >= 0.3 is 12.2 Å². The molecular weight excluding hydrogens is 430 g/mol. The van der Waals surface area contributed by atoms with Gasteiger partial charge in [-0.1, -0.05) is 60.5 Å². The summed E-state index contributed by atoms with van der Waals surface area (Å²) in [6.45, 7) is 13.2. The average Bonchev–Trinajstić information content (AvgIpc) is 2.78. The molecule has 0 spiro atoms. The first kappa shape index (κ1) is 26.4. The summed E-state index contributed by atoms with van der Waals surface area (Å²) < 4.78 is 12.0. The number of hydrogen-bond acceptors (Lipinski definition) is 5. The fourth-order valence-corrected chi connectivity index (χ4v) is 5.96. The van der Waals surface area contributed by atoms with E-state index in [1.165, 1.54) is 5.01 Å². The molecule has 3 aliphatic rings. The second-order valence-corrected chi connectivity index (χ2v) is 11.4. The number of nitriles is 1. The van der Waals surface area contributed by atoms with Crippen molar-refractivity contribution >= 4 is 12.2 Å². The SMILES string of the molecule is CC(C)[C@@H]1CC[C@@H](C)C[C@H]1OC(=O)N1CC=CC(C#N)N1C(=O)O[C@@H]1C[C@H](C)CC[C@H]1C(C)C. The lowest BCUT2D eigenvalue weighted by Crippen LogP contribution is -2.57. The minimum Gasteiger partial charge on any atom is -0.445 e. The summed E-state index contributed by atoms with van der Waals surface area (Å²) >= 11 is 0. The van der Waals surface area contributed by atoms with Crippen LogP contribution in [-0.4, -0.2) is 47.0 Å². The zero-order valence-electron chi connectivity index (χ0n) is 21.8. The van der Waals surface area contributed by atoms with Crippen LogP contribution in [0.4, 0.5) is 9.59 Å². The fraction of sp³-hybridized carbons (Fsp3) is 0.815. The number of ether oxygens (including phenoxy) is 2. The van der Waals surface area contributed by atoms with Crippen molar-refractivity contribution in [1.29, 1.82) is 5.26 Å². The van der Waals surface area contributed by atoms with Crippen LogP contribution >= 0.6 is 0 Å². The second-order valence-electron chi connectivity index (χ2n) is 11.4. The molecule has 0 N–H and O–H groups in total. The van der Waals surface area contributed by atoms with Gasteiger partial charge in [0.25, 0.3) is 0 Å². The molecule has 1 unspecified atom stereocenters. The summed E-state index contributed by atoms with van der Waals surface area (Å²) in [4.78, 5) is 26.8. The van der Waals surface area contributed by atoms with Crippen molar-refractivity contribution in [3.8, 4) is 6.07 Å². The standard InChI is InChI=1S/C27H43N3O4/c1-17(2)22-11-9-19(5)14-24(22)33-26(31)29-13-7-8-21(16-28)30(29)27(32)34-25-15-20(6)10-12-23(25)18(3)4/h7-8,17-25H,9-15H2,1-6H3/t19-,20-,21?,22+,23+,24-,25-/m1/s1. The van der Waals surface area contributed by atoms with E-state index in [4.69, 9.17) is 9.47 Å². The molecule has 0 aromatic heterocycles. The Morgan fingerprint density at radius 1 is 0.882 bits per heavy atom. The Balaban J connectivity index is 1.77. The van der Waals surface area contributed by atoms with Crippen molar-refractivity contribution in [1.82, 2.24) is 10.0 Å². The number of hydrazine groups is 1. The number of nitrogens with zero attached hydrogens (tertiary/aromatic N) is 3. The van der Waals surface area contributed by atoms with E-state index in [-0.39, 0.29) is 24.7 Å². The zero-order chi connectivity index (χ0) is 25.0. The molecule has 2 aliphatic carbocycles. The van der Waals surface area contributed by atoms with Crippen molar-refractivity contribution in [3.05, 3.63) is 12.2 Å². The van der Waals surface area contributed by atoms with Crippen molar-refractivity contribution in [3.63, 3.8) is 0 Å². The molecule has 0 aromatic rings. The van der Waals surface area contributed by atoms with Crippen LogP contribution in [0.5, 0.6) is 0 Å². The molecule has 1 aliphatic heterocycles. The van der Waals surface area contributed by atoms with Gasteiger partial charge < -0.3 is 9.47 Å². The predicted octanol–water partition coefficient (Wildman–Crippen LogP) is 6.16. The van der Waals surface area contributed by atoms with Crippen LogP contribution in [0.1, 0.15) is 80.1 Å². The molecule has 3 rings (SSSR count). The molecular formula is C27H43N3O4. The summed E-state index contributed by atoms with van der Waals surface area (Å²) in [5.41, 5.74) is 0. The average molecular weight is 474 g/mol. The predicted molar refractivity (Wildman–Crippen MR) is 130 cm³/mol. The lowest BCUT2D eigenvalue weighted by atomic mass is 9.75. The van der Waals surface area contributed by atoms with Crippen LogP contribution in [-0.2, 0) is 9.47 Å². The highest BCUT2D eigenvalue weighted by Crippen LogP contribution is 2.37. The Kier molecular flexibility index (Phi) is 8.89. The lowest BCUT2D eigenvalue weighted by molar-refractivity contribution is -0.0757. The maximum atomic E-state index is 13.4. The number of carbonyl (C=O) groups is 2. The highest BCUT2D eigenvalue weighted by molar-refractivity contribution is 5.76. The van der Waals surface area contributed by atoms with Gasteiger partial charge in [-0.05, 0) is 67.3 Å². The number of amides is 2. The lowest BCUT2D eigenvalue weighted by Gasteiger charge is -2.42. The van der Waals surface area contributed by atoms with Crippen molar-refractivity contribution in [2.24, 2.45) is 35.5 Å². The van der Waals surface area contributed by atoms with Crippen LogP contribution in [0.2, 0.25) is 0 Å². The van der Waals surface area contributed by atoms with Crippen molar-refractivity contribution < 1.29 is 19.1 Å². The summed E-state index contributed by atoms with van der Waals surface area (Å²) in [6.07, 6.45) is 7.68. The summed E-state index contributed by atoms with van der Waals surface area (Å²) in [6, 6.07) is 1.22. The third kappa shape index (κ3) is 6.06. The molecule has 0 aromatic carbocycles. The third-order valence-corrected chi connectivity index (χ3v) is 8.08. The first-order valence-corrected chi connectivity index (χ1v) is 13.2.